The highest BCUT2D eigenvalue weighted by molar-refractivity contribution is 5.84. The quantitative estimate of drug-likeness (QED) is 0.653. The summed E-state index contributed by atoms with van der Waals surface area (Å²) in [6, 6.07) is -0.243. The van der Waals surface area contributed by atoms with E-state index >= 15 is 0 Å². The second kappa shape index (κ2) is 3.36. The third-order valence-corrected chi connectivity index (χ3v) is 1.35. The molecule has 1 aromatic heterocycles. The van der Waals surface area contributed by atoms with Gasteiger partial charge in [0.05, 0.1) is 12.8 Å². The fraction of sp³-hybridized carbons (Fsp3) is 0.429. The van der Waals surface area contributed by atoms with Crippen LogP contribution in [0.1, 0.15) is 29.3 Å². The molecule has 1 heterocycles. The zero-order valence-electron chi connectivity index (χ0n) is 6.90. The zero-order chi connectivity index (χ0) is 9.14. The number of hydrogen-bond acceptors (Lipinski definition) is 5. The van der Waals surface area contributed by atoms with Gasteiger partial charge in [0, 0.05) is 6.04 Å². The number of ether oxygens (including phenoxy) is 1. The molecule has 0 saturated heterocycles. The van der Waals surface area contributed by atoms with Crippen molar-refractivity contribution in [3.63, 3.8) is 0 Å². The molecular formula is C7H10N2O3. The lowest BCUT2D eigenvalue weighted by Gasteiger charge is -1.95. The Morgan fingerprint density at radius 3 is 2.92 bits per heavy atom. The van der Waals surface area contributed by atoms with Crippen molar-refractivity contribution >= 4 is 5.97 Å². The van der Waals surface area contributed by atoms with Crippen molar-refractivity contribution < 1.29 is 13.9 Å². The van der Waals surface area contributed by atoms with Crippen LogP contribution in [0.25, 0.3) is 0 Å². The molecule has 0 bridgehead atoms. The predicted octanol–water partition coefficient (Wildman–Crippen LogP) is 0.481. The van der Waals surface area contributed by atoms with Gasteiger partial charge in [0.15, 0.2) is 0 Å². The molecule has 0 aliphatic carbocycles. The molecule has 1 unspecified atom stereocenters. The number of hydrogen-bond donors (Lipinski definition) is 1. The lowest BCUT2D eigenvalue weighted by Crippen LogP contribution is -2.07. The summed E-state index contributed by atoms with van der Waals surface area (Å²) in [7, 11) is 1.26. The molecule has 0 fully saturated rings. The molecular weight excluding hydrogens is 160 g/mol. The van der Waals surface area contributed by atoms with Gasteiger partial charge in [-0.05, 0) is 6.92 Å². The number of nitrogens with two attached hydrogens (primary N) is 1. The fourth-order valence-electron chi connectivity index (χ4n) is 0.676. The van der Waals surface area contributed by atoms with Gasteiger partial charge in [-0.15, -0.1) is 0 Å². The van der Waals surface area contributed by atoms with Gasteiger partial charge in [-0.2, -0.15) is 0 Å². The molecule has 0 amide bonds. The minimum absolute atomic E-state index is 0.0650. The molecule has 1 aromatic rings. The van der Waals surface area contributed by atoms with E-state index in [1.54, 1.807) is 6.92 Å². The van der Waals surface area contributed by atoms with Gasteiger partial charge in [0.1, 0.15) is 6.26 Å². The molecule has 0 radical (unpaired) electrons. The highest BCUT2D eigenvalue weighted by Crippen LogP contribution is 2.09. The zero-order valence-corrected chi connectivity index (χ0v) is 6.90. The van der Waals surface area contributed by atoms with Crippen LogP contribution >= 0.6 is 0 Å². The first-order valence-corrected chi connectivity index (χ1v) is 3.44. The summed E-state index contributed by atoms with van der Waals surface area (Å²) >= 11 is 0. The summed E-state index contributed by atoms with van der Waals surface area (Å²) in [5.74, 6) is -0.660. The number of rotatable bonds is 2. The summed E-state index contributed by atoms with van der Waals surface area (Å²) < 4.78 is 9.21. The largest absolute Gasteiger partial charge is 0.462 e. The van der Waals surface area contributed by atoms with Gasteiger partial charge in [0.2, 0.25) is 0 Å². The number of methoxy groups -OCH3 is 1. The van der Waals surface area contributed by atoms with Crippen LogP contribution in [0.15, 0.2) is 10.7 Å². The van der Waals surface area contributed by atoms with Crippen molar-refractivity contribution in [1.82, 2.24) is 4.98 Å². The average Bonchev–Trinajstić information content (AvgIpc) is 2.51. The smallest absolute Gasteiger partial charge is 0.394 e. The summed E-state index contributed by atoms with van der Waals surface area (Å²) in [5.41, 5.74) is 6.03. The third-order valence-electron chi connectivity index (χ3n) is 1.35. The van der Waals surface area contributed by atoms with E-state index in [1.165, 1.54) is 13.4 Å². The Balaban J connectivity index is 2.84. The first-order valence-electron chi connectivity index (χ1n) is 3.44. The second-order valence-electron chi connectivity index (χ2n) is 2.36. The van der Waals surface area contributed by atoms with Gasteiger partial charge in [0.25, 0.3) is 0 Å². The van der Waals surface area contributed by atoms with Crippen LogP contribution in [0, 0.1) is 0 Å². The average molecular weight is 170 g/mol. The monoisotopic (exact) mass is 170 g/mol. The van der Waals surface area contributed by atoms with Crippen LogP contribution < -0.4 is 5.73 Å². The molecule has 5 heteroatoms. The maximum Gasteiger partial charge on any atom is 0.394 e. The third kappa shape index (κ3) is 1.62. The highest BCUT2D eigenvalue weighted by atomic mass is 16.5. The number of aromatic nitrogens is 1. The van der Waals surface area contributed by atoms with Crippen LogP contribution in [0.4, 0.5) is 0 Å². The normalized spacial score (nSPS) is 12.6. The minimum atomic E-state index is -0.595. The van der Waals surface area contributed by atoms with Crippen LogP contribution in [-0.2, 0) is 4.74 Å². The van der Waals surface area contributed by atoms with Crippen molar-refractivity contribution in [1.29, 1.82) is 0 Å². The molecule has 12 heavy (non-hydrogen) atoms. The van der Waals surface area contributed by atoms with E-state index in [9.17, 15) is 4.79 Å². The van der Waals surface area contributed by atoms with E-state index in [0.717, 1.165) is 0 Å². The first kappa shape index (κ1) is 8.73. The number of esters is 1. The van der Waals surface area contributed by atoms with Gasteiger partial charge < -0.3 is 14.9 Å². The summed E-state index contributed by atoms with van der Waals surface area (Å²) in [6.45, 7) is 1.75. The summed E-state index contributed by atoms with van der Waals surface area (Å²) in [5, 5.41) is 0. The molecule has 0 aliphatic heterocycles. The standard InChI is InChI=1S/C7H10N2O3/c1-4(8)5-3-12-6(9-5)7(10)11-2/h3-4H,8H2,1-2H3. The van der Waals surface area contributed by atoms with E-state index in [0.29, 0.717) is 5.69 Å². The predicted molar refractivity (Wildman–Crippen MR) is 40.4 cm³/mol. The lowest BCUT2D eigenvalue weighted by atomic mass is 10.3. The second-order valence-corrected chi connectivity index (χ2v) is 2.36. The van der Waals surface area contributed by atoms with E-state index in [2.05, 4.69) is 9.72 Å². The Morgan fingerprint density at radius 2 is 2.50 bits per heavy atom. The molecule has 0 aromatic carbocycles. The van der Waals surface area contributed by atoms with Crippen molar-refractivity contribution in [3.8, 4) is 0 Å². The Hall–Kier alpha value is -1.36. The summed E-state index contributed by atoms with van der Waals surface area (Å²) in [6.07, 6.45) is 1.34. The van der Waals surface area contributed by atoms with Crippen molar-refractivity contribution in [2.75, 3.05) is 7.11 Å². The van der Waals surface area contributed by atoms with Crippen LogP contribution in [0.3, 0.4) is 0 Å². The van der Waals surface area contributed by atoms with Crippen molar-refractivity contribution in [2.45, 2.75) is 13.0 Å². The van der Waals surface area contributed by atoms with E-state index in [4.69, 9.17) is 10.2 Å². The molecule has 2 N–H and O–H groups in total. The number of oxazole rings is 1. The minimum Gasteiger partial charge on any atom is -0.462 e. The molecule has 1 atom stereocenters. The van der Waals surface area contributed by atoms with Crippen LogP contribution in [-0.4, -0.2) is 18.1 Å². The fourth-order valence-corrected chi connectivity index (χ4v) is 0.676. The van der Waals surface area contributed by atoms with Crippen LogP contribution in [0.5, 0.6) is 0 Å². The number of carbonyl (C=O) groups is 1. The maximum atomic E-state index is 10.8. The van der Waals surface area contributed by atoms with Gasteiger partial charge >= 0.3 is 11.9 Å². The highest BCUT2D eigenvalue weighted by Gasteiger charge is 2.14. The first-order chi connectivity index (χ1) is 5.65. The van der Waals surface area contributed by atoms with E-state index < -0.39 is 5.97 Å². The Bertz CT molecular complexity index is 280. The molecule has 5 nitrogen and oxygen atoms in total. The molecule has 1 rings (SSSR count). The van der Waals surface area contributed by atoms with E-state index in [-0.39, 0.29) is 11.9 Å². The van der Waals surface area contributed by atoms with Gasteiger partial charge in [-0.3, -0.25) is 0 Å². The van der Waals surface area contributed by atoms with Crippen molar-refractivity contribution in [3.05, 3.63) is 17.8 Å². The Morgan fingerprint density at radius 1 is 1.83 bits per heavy atom. The summed E-state index contributed by atoms with van der Waals surface area (Å²) in [4.78, 5) is 14.6. The molecule has 0 spiro atoms. The lowest BCUT2D eigenvalue weighted by molar-refractivity contribution is 0.0556. The van der Waals surface area contributed by atoms with Gasteiger partial charge in [-0.25, -0.2) is 9.78 Å². The molecule has 66 valence electrons. The van der Waals surface area contributed by atoms with Crippen molar-refractivity contribution in [2.24, 2.45) is 5.73 Å². The number of nitrogens with zero attached hydrogens (tertiary/aromatic N) is 1. The van der Waals surface area contributed by atoms with Crippen LogP contribution in [0.2, 0.25) is 0 Å². The maximum absolute atomic E-state index is 10.8. The SMILES string of the molecule is COC(=O)c1nc(C(C)N)co1. The van der Waals surface area contributed by atoms with E-state index in [1.807, 2.05) is 0 Å². The Labute approximate surface area is 69.5 Å². The molecule has 0 saturated carbocycles. The number of carbonyl (C=O) groups excluding carboxylic acids is 1. The Kier molecular flexibility index (Phi) is 2.44. The van der Waals surface area contributed by atoms with Gasteiger partial charge in [-0.1, -0.05) is 0 Å². The molecule has 0 aliphatic rings. The topological polar surface area (TPSA) is 78.3 Å².